The molecule has 0 aliphatic heterocycles. The van der Waals surface area contributed by atoms with Crippen molar-refractivity contribution in [1.82, 2.24) is 9.97 Å². The lowest BCUT2D eigenvalue weighted by Crippen LogP contribution is -2.01. The average Bonchev–Trinajstić information content (AvgIpc) is 3.12. The normalized spacial score (nSPS) is 10.8. The van der Waals surface area contributed by atoms with Crippen LogP contribution >= 0.6 is 11.3 Å². The van der Waals surface area contributed by atoms with Gasteiger partial charge in [0.05, 0.1) is 10.2 Å². The summed E-state index contributed by atoms with van der Waals surface area (Å²) in [6, 6.07) is 15.7. The Morgan fingerprint density at radius 2 is 1.64 bits per heavy atom. The van der Waals surface area contributed by atoms with Crippen LogP contribution in [0, 0.1) is 5.82 Å². The van der Waals surface area contributed by atoms with Gasteiger partial charge < -0.3 is 10.1 Å². The number of halogens is 1. The van der Waals surface area contributed by atoms with Crippen molar-refractivity contribution >= 4 is 27.4 Å². The highest BCUT2D eigenvalue weighted by Gasteiger charge is 2.05. The van der Waals surface area contributed by atoms with Crippen molar-refractivity contribution in [3.63, 3.8) is 0 Å². The van der Waals surface area contributed by atoms with Gasteiger partial charge in [0.2, 0.25) is 0 Å². The first-order chi connectivity index (χ1) is 12.3. The second-order valence-electron chi connectivity index (χ2n) is 5.41. The third kappa shape index (κ3) is 3.59. The van der Waals surface area contributed by atoms with Crippen LogP contribution in [0.15, 0.2) is 66.3 Å². The maximum absolute atomic E-state index is 12.9. The predicted octanol–water partition coefficient (Wildman–Crippen LogP) is 5.23. The Balaban J connectivity index is 1.42. The van der Waals surface area contributed by atoms with E-state index in [0.717, 1.165) is 21.6 Å². The molecule has 0 bridgehead atoms. The van der Waals surface area contributed by atoms with Crippen LogP contribution in [-0.2, 0) is 6.54 Å². The van der Waals surface area contributed by atoms with Gasteiger partial charge in [0.15, 0.2) is 0 Å². The Hall–Kier alpha value is -2.99. The molecule has 2 heterocycles. The molecule has 0 unspecified atom stereocenters. The van der Waals surface area contributed by atoms with Gasteiger partial charge >= 0.3 is 0 Å². The van der Waals surface area contributed by atoms with E-state index < -0.39 is 0 Å². The number of rotatable bonds is 5. The molecule has 124 valence electrons. The molecule has 0 aliphatic rings. The van der Waals surface area contributed by atoms with Gasteiger partial charge in [-0.15, -0.1) is 11.3 Å². The van der Waals surface area contributed by atoms with E-state index >= 15 is 0 Å². The number of fused-ring (bicyclic) bond motifs is 1. The molecular weight excluding hydrogens is 337 g/mol. The number of hydrogen-bond acceptors (Lipinski definition) is 5. The van der Waals surface area contributed by atoms with E-state index in [9.17, 15) is 4.39 Å². The molecule has 25 heavy (non-hydrogen) atoms. The molecule has 1 N–H and O–H groups in total. The van der Waals surface area contributed by atoms with Gasteiger partial charge in [-0.25, -0.2) is 14.4 Å². The molecule has 0 radical (unpaired) electrons. The molecule has 0 fully saturated rings. The van der Waals surface area contributed by atoms with E-state index in [0.29, 0.717) is 18.0 Å². The minimum absolute atomic E-state index is 0.279. The summed E-state index contributed by atoms with van der Waals surface area (Å²) >= 11 is 1.62. The summed E-state index contributed by atoms with van der Waals surface area (Å²) in [6.45, 7) is 0.654. The summed E-state index contributed by atoms with van der Waals surface area (Å²) in [5.74, 6) is 1.87. The van der Waals surface area contributed by atoms with E-state index in [1.165, 1.54) is 12.1 Å². The third-order valence-corrected chi connectivity index (χ3v) is 4.59. The highest BCUT2D eigenvalue weighted by atomic mass is 32.1. The molecule has 0 spiro atoms. The molecule has 4 aromatic rings. The topological polar surface area (TPSA) is 47.0 Å². The van der Waals surface area contributed by atoms with Gasteiger partial charge in [-0.3, -0.25) is 0 Å². The Kier molecular flexibility index (Phi) is 4.26. The summed E-state index contributed by atoms with van der Waals surface area (Å²) in [5, 5.41) is 5.35. The lowest BCUT2D eigenvalue weighted by atomic mass is 10.2. The number of aromatic nitrogens is 2. The SMILES string of the molecule is Fc1ccc(Oc2ccc(CNc3ncnc4ccsc34)cc2)cc1. The Bertz CT molecular complexity index is 984. The standard InChI is InChI=1S/C19H14FN3OS/c20-14-3-7-16(8-4-14)24-15-5-1-13(2-6-15)11-21-19-18-17(9-10-25-18)22-12-23-19/h1-10,12H,11H2,(H,21,22,23). The van der Waals surface area contributed by atoms with Crippen molar-refractivity contribution in [3.8, 4) is 11.5 Å². The zero-order valence-electron chi connectivity index (χ0n) is 13.1. The minimum Gasteiger partial charge on any atom is -0.457 e. The second-order valence-corrected chi connectivity index (χ2v) is 6.33. The van der Waals surface area contributed by atoms with Crippen LogP contribution in [0.25, 0.3) is 10.2 Å². The summed E-state index contributed by atoms with van der Waals surface area (Å²) in [6.07, 6.45) is 1.57. The number of nitrogens with one attached hydrogen (secondary N) is 1. The summed E-state index contributed by atoms with van der Waals surface area (Å²) in [7, 11) is 0. The van der Waals surface area contributed by atoms with E-state index in [4.69, 9.17) is 4.74 Å². The molecule has 6 heteroatoms. The molecule has 4 rings (SSSR count). The largest absolute Gasteiger partial charge is 0.457 e. The molecule has 2 aromatic heterocycles. The van der Waals surface area contributed by atoms with E-state index in [2.05, 4.69) is 15.3 Å². The van der Waals surface area contributed by atoms with Crippen LogP contribution in [0.4, 0.5) is 10.2 Å². The third-order valence-electron chi connectivity index (χ3n) is 3.68. The van der Waals surface area contributed by atoms with Crippen molar-refractivity contribution in [2.24, 2.45) is 0 Å². The van der Waals surface area contributed by atoms with Crippen LogP contribution in [0.5, 0.6) is 11.5 Å². The van der Waals surface area contributed by atoms with Crippen molar-refractivity contribution in [2.45, 2.75) is 6.54 Å². The van der Waals surface area contributed by atoms with Crippen LogP contribution in [0.2, 0.25) is 0 Å². The average molecular weight is 351 g/mol. The van der Waals surface area contributed by atoms with Gasteiger partial charge in [-0.2, -0.15) is 0 Å². The Morgan fingerprint density at radius 3 is 2.40 bits per heavy atom. The fourth-order valence-electron chi connectivity index (χ4n) is 2.41. The van der Waals surface area contributed by atoms with Crippen LogP contribution in [-0.4, -0.2) is 9.97 Å². The summed E-state index contributed by atoms with van der Waals surface area (Å²) < 4.78 is 19.7. The summed E-state index contributed by atoms with van der Waals surface area (Å²) in [4.78, 5) is 8.54. The van der Waals surface area contributed by atoms with Gasteiger partial charge in [0, 0.05) is 6.54 Å². The van der Waals surface area contributed by atoms with Crippen molar-refractivity contribution in [2.75, 3.05) is 5.32 Å². The lowest BCUT2D eigenvalue weighted by molar-refractivity contribution is 0.480. The molecular formula is C19H14FN3OS. The number of ether oxygens (including phenoxy) is 1. The first-order valence-corrected chi connectivity index (χ1v) is 8.60. The quantitative estimate of drug-likeness (QED) is 0.534. The van der Waals surface area contributed by atoms with Crippen LogP contribution in [0.3, 0.4) is 0 Å². The molecule has 4 nitrogen and oxygen atoms in total. The zero-order chi connectivity index (χ0) is 17.1. The van der Waals surface area contributed by atoms with Crippen molar-refractivity contribution in [3.05, 3.63) is 77.7 Å². The molecule has 0 saturated carbocycles. The van der Waals surface area contributed by atoms with E-state index in [1.54, 1.807) is 29.8 Å². The lowest BCUT2D eigenvalue weighted by Gasteiger charge is -2.08. The first-order valence-electron chi connectivity index (χ1n) is 7.72. The zero-order valence-corrected chi connectivity index (χ0v) is 14.0. The first kappa shape index (κ1) is 15.5. The van der Waals surface area contributed by atoms with Gasteiger partial charge in [0.25, 0.3) is 0 Å². The van der Waals surface area contributed by atoms with Crippen molar-refractivity contribution < 1.29 is 9.13 Å². The van der Waals surface area contributed by atoms with E-state index in [1.807, 2.05) is 35.7 Å². The second kappa shape index (κ2) is 6.86. The fraction of sp³-hybridized carbons (Fsp3) is 0.0526. The van der Waals surface area contributed by atoms with Gasteiger partial charge in [0.1, 0.15) is 29.5 Å². The highest BCUT2D eigenvalue weighted by Crippen LogP contribution is 2.26. The number of nitrogens with zero attached hydrogens (tertiary/aromatic N) is 2. The van der Waals surface area contributed by atoms with Gasteiger partial charge in [-0.1, -0.05) is 12.1 Å². The smallest absolute Gasteiger partial charge is 0.147 e. The van der Waals surface area contributed by atoms with E-state index in [-0.39, 0.29) is 5.82 Å². The Labute approximate surface area is 148 Å². The monoisotopic (exact) mass is 351 g/mol. The molecule has 0 amide bonds. The van der Waals surface area contributed by atoms with Crippen molar-refractivity contribution in [1.29, 1.82) is 0 Å². The molecule has 0 aliphatic carbocycles. The van der Waals surface area contributed by atoms with Gasteiger partial charge in [-0.05, 0) is 53.4 Å². The fourth-order valence-corrected chi connectivity index (χ4v) is 3.23. The highest BCUT2D eigenvalue weighted by molar-refractivity contribution is 7.17. The maximum atomic E-state index is 12.9. The van der Waals surface area contributed by atoms with Crippen LogP contribution < -0.4 is 10.1 Å². The number of hydrogen-bond donors (Lipinski definition) is 1. The van der Waals surface area contributed by atoms with Crippen LogP contribution in [0.1, 0.15) is 5.56 Å². The molecule has 2 aromatic carbocycles. The Morgan fingerprint density at radius 1 is 0.920 bits per heavy atom. The molecule has 0 saturated heterocycles. The summed E-state index contributed by atoms with van der Waals surface area (Å²) in [5.41, 5.74) is 2.06. The predicted molar refractivity (Wildman–Crippen MR) is 97.7 cm³/mol. The number of benzene rings is 2. The number of anilines is 1. The number of thiophene rings is 1. The maximum Gasteiger partial charge on any atom is 0.147 e. The molecule has 0 atom stereocenters. The minimum atomic E-state index is -0.279.